The molecule has 1 atom stereocenters. The van der Waals surface area contributed by atoms with Crippen molar-refractivity contribution >= 4 is 22.7 Å². The zero-order chi connectivity index (χ0) is 23.8. The summed E-state index contributed by atoms with van der Waals surface area (Å²) >= 11 is 0. The molecule has 3 aromatic rings. The number of Topliss-reactive ketones (excluding diaryl/α,β-unsaturated/α-hetero) is 1. The van der Waals surface area contributed by atoms with Crippen LogP contribution in [-0.4, -0.2) is 27.4 Å². The van der Waals surface area contributed by atoms with Crippen molar-refractivity contribution in [1.29, 1.82) is 0 Å². The molecule has 1 aliphatic carbocycles. The van der Waals surface area contributed by atoms with E-state index in [9.17, 15) is 9.59 Å². The molecule has 0 amide bonds. The molecule has 0 bridgehead atoms. The maximum atomic E-state index is 13.5. The zero-order valence-corrected chi connectivity index (χ0v) is 20.1. The van der Waals surface area contributed by atoms with E-state index in [1.807, 2.05) is 63.0 Å². The van der Waals surface area contributed by atoms with E-state index in [4.69, 9.17) is 10.5 Å². The molecule has 33 heavy (non-hydrogen) atoms. The summed E-state index contributed by atoms with van der Waals surface area (Å²) in [5.74, 6) is 0.847. The van der Waals surface area contributed by atoms with Crippen molar-refractivity contribution < 1.29 is 18.9 Å². The van der Waals surface area contributed by atoms with Gasteiger partial charge in [0, 0.05) is 42.7 Å². The minimum Gasteiger partial charge on any atom is -0.424 e. The average Bonchev–Trinajstić information content (AvgIpc) is 3.33. The first-order valence-corrected chi connectivity index (χ1v) is 11.9. The van der Waals surface area contributed by atoms with Gasteiger partial charge in [0.05, 0.1) is 11.3 Å². The number of nitrogens with two attached hydrogens (primary N) is 1. The van der Waals surface area contributed by atoms with Crippen LogP contribution < -0.4 is 10.3 Å². The topological polar surface area (TPSA) is 83.1 Å². The average molecular weight is 452 g/mol. The standard InChI is InChI=1S/C26H35N4O3/c1-5-26(6-2,16-27)25(32)33-17-30-14-13-29(18(30)3)15-19-11-12-22-23(24(19)31)20-9-7-8-10-21(20)28(22)4/h7-10,13-14,19H,5-6,11-12,15-17,27H2,1-4H3/q+1. The highest BCUT2D eigenvalue weighted by Crippen LogP contribution is 2.34. The molecule has 176 valence electrons. The fraction of sp³-hybridized carbons (Fsp3) is 0.500. The molecule has 7 heteroatoms. The number of aryl methyl sites for hydroxylation is 1. The highest BCUT2D eigenvalue weighted by molar-refractivity contribution is 6.11. The van der Waals surface area contributed by atoms with E-state index < -0.39 is 5.41 Å². The van der Waals surface area contributed by atoms with Crippen molar-refractivity contribution in [2.24, 2.45) is 24.1 Å². The molecule has 1 aromatic carbocycles. The summed E-state index contributed by atoms with van der Waals surface area (Å²) in [7, 11) is 2.05. The lowest BCUT2D eigenvalue weighted by atomic mass is 9.82. The van der Waals surface area contributed by atoms with E-state index in [1.54, 1.807) is 0 Å². The van der Waals surface area contributed by atoms with E-state index in [2.05, 4.69) is 15.2 Å². The summed E-state index contributed by atoms with van der Waals surface area (Å²) in [6.45, 7) is 6.96. The van der Waals surface area contributed by atoms with Gasteiger partial charge >= 0.3 is 5.97 Å². The van der Waals surface area contributed by atoms with Crippen LogP contribution in [0.5, 0.6) is 0 Å². The number of esters is 1. The maximum absolute atomic E-state index is 13.5. The molecule has 0 aliphatic heterocycles. The number of imidazole rings is 1. The number of benzene rings is 1. The number of aromatic nitrogens is 3. The van der Waals surface area contributed by atoms with Gasteiger partial charge in [0.1, 0.15) is 18.9 Å². The van der Waals surface area contributed by atoms with Crippen molar-refractivity contribution in [2.75, 3.05) is 6.54 Å². The third kappa shape index (κ3) is 3.88. The van der Waals surface area contributed by atoms with Crippen molar-refractivity contribution in [3.63, 3.8) is 0 Å². The van der Waals surface area contributed by atoms with E-state index in [0.29, 0.717) is 19.4 Å². The minimum absolute atomic E-state index is 0.0736. The van der Waals surface area contributed by atoms with Crippen LogP contribution in [0, 0.1) is 18.3 Å². The normalized spacial score (nSPS) is 16.3. The molecule has 4 rings (SSSR count). The number of carbonyl (C=O) groups is 2. The van der Waals surface area contributed by atoms with Gasteiger partial charge in [0.25, 0.3) is 5.82 Å². The fourth-order valence-electron chi connectivity index (χ4n) is 5.13. The van der Waals surface area contributed by atoms with Crippen LogP contribution >= 0.6 is 0 Å². The highest BCUT2D eigenvalue weighted by Gasteiger charge is 2.36. The molecule has 0 fully saturated rings. The monoisotopic (exact) mass is 451 g/mol. The summed E-state index contributed by atoms with van der Waals surface area (Å²) in [6.07, 6.45) is 6.90. The Morgan fingerprint density at radius 2 is 2.00 bits per heavy atom. The molecule has 0 radical (unpaired) electrons. The third-order valence-electron chi connectivity index (χ3n) is 7.76. The maximum Gasteiger partial charge on any atom is 0.316 e. The number of ether oxygens (including phenoxy) is 1. The Balaban J connectivity index is 1.49. The van der Waals surface area contributed by atoms with Gasteiger partial charge in [-0.05, 0) is 31.7 Å². The first-order valence-electron chi connectivity index (χ1n) is 11.9. The van der Waals surface area contributed by atoms with Crippen LogP contribution in [-0.2, 0) is 36.3 Å². The largest absolute Gasteiger partial charge is 0.424 e. The molecule has 2 aromatic heterocycles. The number of hydrogen-bond acceptors (Lipinski definition) is 4. The third-order valence-corrected chi connectivity index (χ3v) is 7.76. The van der Waals surface area contributed by atoms with Gasteiger partial charge < -0.3 is 15.0 Å². The molecule has 2 N–H and O–H groups in total. The molecule has 0 saturated carbocycles. The van der Waals surface area contributed by atoms with Crippen LogP contribution in [0.1, 0.15) is 55.0 Å². The lowest BCUT2D eigenvalue weighted by Gasteiger charge is -2.26. The van der Waals surface area contributed by atoms with Crippen LogP contribution in [0.15, 0.2) is 36.7 Å². The van der Waals surface area contributed by atoms with Crippen LogP contribution in [0.3, 0.4) is 0 Å². The summed E-state index contributed by atoms with van der Waals surface area (Å²) in [6, 6.07) is 8.14. The predicted octanol–water partition coefficient (Wildman–Crippen LogP) is 3.29. The van der Waals surface area contributed by atoms with E-state index in [-0.39, 0.29) is 30.9 Å². The Labute approximate surface area is 195 Å². The first-order chi connectivity index (χ1) is 15.9. The quantitative estimate of drug-likeness (QED) is 0.421. The van der Waals surface area contributed by atoms with E-state index in [1.165, 1.54) is 0 Å². The van der Waals surface area contributed by atoms with Crippen molar-refractivity contribution in [3.8, 4) is 0 Å². The number of hydrogen-bond donors (Lipinski definition) is 1. The Morgan fingerprint density at radius 1 is 1.27 bits per heavy atom. The number of para-hydroxylation sites is 1. The number of ketones is 1. The Morgan fingerprint density at radius 3 is 2.70 bits per heavy atom. The lowest BCUT2D eigenvalue weighted by Crippen LogP contribution is -2.44. The predicted molar refractivity (Wildman–Crippen MR) is 127 cm³/mol. The summed E-state index contributed by atoms with van der Waals surface area (Å²) in [4.78, 5) is 26.1. The smallest absolute Gasteiger partial charge is 0.316 e. The van der Waals surface area contributed by atoms with Gasteiger partial charge in [-0.25, -0.2) is 4.57 Å². The van der Waals surface area contributed by atoms with E-state index >= 15 is 0 Å². The first kappa shape index (κ1) is 23.2. The molecule has 0 spiro atoms. The van der Waals surface area contributed by atoms with Gasteiger partial charge in [-0.2, -0.15) is 4.57 Å². The molecular formula is C26H35N4O3+. The van der Waals surface area contributed by atoms with Gasteiger partial charge in [-0.3, -0.25) is 9.59 Å². The second-order valence-corrected chi connectivity index (χ2v) is 9.22. The van der Waals surface area contributed by atoms with Crippen molar-refractivity contribution in [1.82, 2.24) is 9.13 Å². The highest BCUT2D eigenvalue weighted by atomic mass is 16.5. The van der Waals surface area contributed by atoms with Crippen molar-refractivity contribution in [2.45, 2.75) is 59.7 Å². The van der Waals surface area contributed by atoms with Crippen LogP contribution in [0.4, 0.5) is 0 Å². The molecule has 1 aliphatic rings. The number of carbonyl (C=O) groups excluding carboxylic acids is 2. The SMILES string of the molecule is CCC(CC)(CN)C(=O)OC[n+]1ccn(CC2CCc3c(c4ccccc4n3C)C2=O)c1C. The lowest BCUT2D eigenvalue weighted by molar-refractivity contribution is -0.732. The molecule has 7 nitrogen and oxygen atoms in total. The minimum atomic E-state index is -0.623. The van der Waals surface area contributed by atoms with Crippen molar-refractivity contribution in [3.05, 3.63) is 53.7 Å². The summed E-state index contributed by atoms with van der Waals surface area (Å²) < 4.78 is 11.8. The van der Waals surface area contributed by atoms with Crippen LogP contribution in [0.25, 0.3) is 10.9 Å². The van der Waals surface area contributed by atoms with Gasteiger partial charge in [-0.15, -0.1) is 0 Å². The van der Waals surface area contributed by atoms with E-state index in [0.717, 1.165) is 40.8 Å². The summed E-state index contributed by atoms with van der Waals surface area (Å²) in [5, 5.41) is 1.05. The second-order valence-electron chi connectivity index (χ2n) is 9.22. The van der Waals surface area contributed by atoms with Crippen LogP contribution in [0.2, 0.25) is 0 Å². The molecular weight excluding hydrogens is 416 g/mol. The molecule has 0 saturated heterocycles. The Hall–Kier alpha value is -2.93. The second kappa shape index (κ2) is 9.14. The number of nitrogens with zero attached hydrogens (tertiary/aromatic N) is 3. The Kier molecular flexibility index (Phi) is 6.43. The summed E-state index contributed by atoms with van der Waals surface area (Å²) in [5.41, 5.74) is 8.38. The zero-order valence-electron chi connectivity index (χ0n) is 20.1. The number of rotatable bonds is 8. The van der Waals surface area contributed by atoms with Gasteiger partial charge in [0.15, 0.2) is 5.78 Å². The van der Waals surface area contributed by atoms with Gasteiger partial charge in [0.2, 0.25) is 6.73 Å². The van der Waals surface area contributed by atoms with Gasteiger partial charge in [-0.1, -0.05) is 32.0 Å². The number of fused-ring (bicyclic) bond motifs is 3. The molecule has 1 unspecified atom stereocenters. The Bertz CT molecular complexity index is 1180. The molecule has 2 heterocycles. The fourth-order valence-corrected chi connectivity index (χ4v) is 5.13.